The van der Waals surface area contributed by atoms with Crippen LogP contribution in [0, 0.1) is 5.92 Å². The molecule has 152 valence electrons. The normalized spacial score (nSPS) is 11.2. The first kappa shape index (κ1) is 20.8. The van der Waals surface area contributed by atoms with Crippen molar-refractivity contribution in [2.45, 2.75) is 53.0 Å². The molecule has 0 atom stereocenters. The summed E-state index contributed by atoms with van der Waals surface area (Å²) in [6.07, 6.45) is 3.81. The Labute approximate surface area is 172 Å². The predicted octanol–water partition coefficient (Wildman–Crippen LogP) is 5.23. The lowest BCUT2D eigenvalue weighted by Crippen LogP contribution is -2.06. The van der Waals surface area contributed by atoms with E-state index in [0.29, 0.717) is 11.5 Å². The Kier molecular flexibility index (Phi) is 6.81. The van der Waals surface area contributed by atoms with Crippen LogP contribution in [0.2, 0.25) is 0 Å². The lowest BCUT2D eigenvalue weighted by molar-refractivity contribution is 0.0697. The van der Waals surface area contributed by atoms with E-state index < -0.39 is 5.97 Å². The number of benzene rings is 2. The summed E-state index contributed by atoms with van der Waals surface area (Å²) in [5, 5.41) is 14.1. The number of carboxylic acids is 1. The first-order valence-corrected chi connectivity index (χ1v) is 10.3. The predicted molar refractivity (Wildman–Crippen MR) is 115 cm³/mol. The fourth-order valence-corrected chi connectivity index (χ4v) is 3.40. The Morgan fingerprint density at radius 2 is 1.83 bits per heavy atom. The van der Waals surface area contributed by atoms with Gasteiger partial charge in [0.2, 0.25) is 0 Å². The highest BCUT2D eigenvalue weighted by Crippen LogP contribution is 2.24. The van der Waals surface area contributed by atoms with Crippen LogP contribution in [0.5, 0.6) is 0 Å². The number of nitrogens with zero attached hydrogens (tertiary/aromatic N) is 3. The summed E-state index contributed by atoms with van der Waals surface area (Å²) in [5.41, 5.74) is 3.09. The van der Waals surface area contributed by atoms with Gasteiger partial charge in [-0.15, -0.1) is 0 Å². The van der Waals surface area contributed by atoms with E-state index in [-0.39, 0.29) is 0 Å². The highest BCUT2D eigenvalue weighted by Gasteiger charge is 2.13. The number of aromatic nitrogens is 3. The molecule has 0 bridgehead atoms. The second-order valence-electron chi connectivity index (χ2n) is 7.84. The van der Waals surface area contributed by atoms with Gasteiger partial charge in [0.05, 0.1) is 5.56 Å². The van der Waals surface area contributed by atoms with E-state index in [4.69, 9.17) is 10.1 Å². The molecule has 0 unspecified atom stereocenters. The number of rotatable bonds is 9. The van der Waals surface area contributed by atoms with E-state index >= 15 is 0 Å². The molecule has 29 heavy (non-hydrogen) atoms. The first-order valence-electron chi connectivity index (χ1n) is 10.3. The summed E-state index contributed by atoms with van der Waals surface area (Å²) in [6.45, 7) is 7.43. The van der Waals surface area contributed by atoms with Crippen molar-refractivity contribution in [3.8, 4) is 11.1 Å². The second-order valence-corrected chi connectivity index (χ2v) is 7.84. The molecule has 1 N–H and O–H groups in total. The standard InChI is InChI=1S/C24H29N3O2/c1-4-5-14-27-23(25-22(26-27)15-17(2)3)16-18-10-12-19(13-11-18)20-8-6-7-9-21(20)24(28)29/h6-13,17H,4-5,14-16H2,1-3H3,(H,28,29). The zero-order chi connectivity index (χ0) is 20.8. The molecule has 1 aromatic heterocycles. The van der Waals surface area contributed by atoms with Crippen LogP contribution in [-0.4, -0.2) is 25.8 Å². The Hall–Kier alpha value is -2.95. The van der Waals surface area contributed by atoms with Crippen LogP contribution in [-0.2, 0) is 19.4 Å². The van der Waals surface area contributed by atoms with Gasteiger partial charge in [-0.1, -0.05) is 69.7 Å². The summed E-state index contributed by atoms with van der Waals surface area (Å²) in [6, 6.07) is 15.2. The third-order valence-corrected chi connectivity index (χ3v) is 4.89. The average Bonchev–Trinajstić information content (AvgIpc) is 3.07. The van der Waals surface area contributed by atoms with Gasteiger partial charge in [-0.05, 0) is 35.1 Å². The molecule has 0 fully saturated rings. The number of aryl methyl sites for hydroxylation is 1. The van der Waals surface area contributed by atoms with Gasteiger partial charge in [-0.2, -0.15) is 5.10 Å². The number of carbonyl (C=O) groups is 1. The molecule has 5 heteroatoms. The lowest BCUT2D eigenvalue weighted by atomic mass is 9.98. The zero-order valence-electron chi connectivity index (χ0n) is 17.4. The Balaban J connectivity index is 1.83. The fourth-order valence-electron chi connectivity index (χ4n) is 3.40. The molecule has 0 saturated carbocycles. The molecule has 2 aromatic carbocycles. The van der Waals surface area contributed by atoms with Gasteiger partial charge < -0.3 is 5.11 Å². The Morgan fingerprint density at radius 3 is 2.48 bits per heavy atom. The molecule has 0 aliphatic rings. The molecular weight excluding hydrogens is 362 g/mol. The van der Waals surface area contributed by atoms with Crippen molar-refractivity contribution in [3.05, 3.63) is 71.3 Å². The second kappa shape index (κ2) is 9.50. The minimum atomic E-state index is -0.911. The Bertz CT molecular complexity index is 959. The van der Waals surface area contributed by atoms with Gasteiger partial charge in [0.1, 0.15) is 5.82 Å². The van der Waals surface area contributed by atoms with Gasteiger partial charge in [-0.3, -0.25) is 0 Å². The van der Waals surface area contributed by atoms with E-state index in [2.05, 4.69) is 37.6 Å². The zero-order valence-corrected chi connectivity index (χ0v) is 17.4. The van der Waals surface area contributed by atoms with Crippen LogP contribution in [0.25, 0.3) is 11.1 Å². The SMILES string of the molecule is CCCCn1nc(CC(C)C)nc1Cc1ccc(-c2ccccc2C(=O)O)cc1. The van der Waals surface area contributed by atoms with E-state index in [9.17, 15) is 9.90 Å². The molecule has 0 spiro atoms. The minimum Gasteiger partial charge on any atom is -0.478 e. The van der Waals surface area contributed by atoms with E-state index in [1.807, 2.05) is 24.3 Å². The average molecular weight is 392 g/mol. The maximum atomic E-state index is 11.5. The number of carboxylic acid groups (broad SMARTS) is 1. The third kappa shape index (κ3) is 5.31. The van der Waals surface area contributed by atoms with Gasteiger partial charge in [0.15, 0.2) is 5.82 Å². The maximum Gasteiger partial charge on any atom is 0.336 e. The number of aromatic carboxylic acids is 1. The molecule has 1 heterocycles. The topological polar surface area (TPSA) is 68.0 Å². The summed E-state index contributed by atoms with van der Waals surface area (Å²) in [4.78, 5) is 16.3. The molecule has 0 amide bonds. The molecular formula is C24H29N3O2. The van der Waals surface area contributed by atoms with Crippen molar-refractivity contribution in [2.75, 3.05) is 0 Å². The van der Waals surface area contributed by atoms with Crippen LogP contribution in [0.3, 0.4) is 0 Å². The number of unbranched alkanes of at least 4 members (excludes halogenated alkanes) is 1. The summed E-state index contributed by atoms with van der Waals surface area (Å²) in [7, 11) is 0. The van der Waals surface area contributed by atoms with Gasteiger partial charge in [0, 0.05) is 19.4 Å². The van der Waals surface area contributed by atoms with E-state index in [0.717, 1.165) is 60.6 Å². The highest BCUT2D eigenvalue weighted by molar-refractivity contribution is 5.95. The highest BCUT2D eigenvalue weighted by atomic mass is 16.4. The Morgan fingerprint density at radius 1 is 1.10 bits per heavy atom. The van der Waals surface area contributed by atoms with Crippen LogP contribution in [0.4, 0.5) is 0 Å². The van der Waals surface area contributed by atoms with Crippen LogP contribution < -0.4 is 0 Å². The van der Waals surface area contributed by atoms with Gasteiger partial charge >= 0.3 is 5.97 Å². The van der Waals surface area contributed by atoms with E-state index in [1.54, 1.807) is 12.1 Å². The molecule has 0 radical (unpaired) electrons. The fraction of sp³-hybridized carbons (Fsp3) is 0.375. The van der Waals surface area contributed by atoms with Crippen molar-refractivity contribution in [1.29, 1.82) is 0 Å². The molecule has 0 saturated heterocycles. The van der Waals surface area contributed by atoms with Crippen molar-refractivity contribution >= 4 is 5.97 Å². The largest absolute Gasteiger partial charge is 0.478 e. The molecule has 3 rings (SSSR count). The molecule has 0 aliphatic heterocycles. The van der Waals surface area contributed by atoms with Crippen LogP contribution in [0.15, 0.2) is 48.5 Å². The lowest BCUT2D eigenvalue weighted by Gasteiger charge is -2.08. The quantitative estimate of drug-likeness (QED) is 0.542. The molecule has 3 aromatic rings. The van der Waals surface area contributed by atoms with E-state index in [1.165, 1.54) is 0 Å². The summed E-state index contributed by atoms with van der Waals surface area (Å²) >= 11 is 0. The maximum absolute atomic E-state index is 11.5. The van der Waals surface area contributed by atoms with Crippen molar-refractivity contribution in [2.24, 2.45) is 5.92 Å². The summed E-state index contributed by atoms with van der Waals surface area (Å²) in [5.74, 6) is 1.52. The third-order valence-electron chi connectivity index (χ3n) is 4.89. The molecule has 0 aliphatic carbocycles. The van der Waals surface area contributed by atoms with Crippen LogP contribution in [0.1, 0.15) is 61.2 Å². The van der Waals surface area contributed by atoms with Crippen molar-refractivity contribution in [3.63, 3.8) is 0 Å². The number of hydrogen-bond donors (Lipinski definition) is 1. The van der Waals surface area contributed by atoms with Crippen LogP contribution >= 0.6 is 0 Å². The van der Waals surface area contributed by atoms with Crippen molar-refractivity contribution < 1.29 is 9.90 Å². The molecule has 5 nitrogen and oxygen atoms in total. The van der Waals surface area contributed by atoms with Crippen molar-refractivity contribution in [1.82, 2.24) is 14.8 Å². The monoisotopic (exact) mass is 391 g/mol. The van der Waals surface area contributed by atoms with Gasteiger partial charge in [-0.25, -0.2) is 14.5 Å². The minimum absolute atomic E-state index is 0.317. The first-order chi connectivity index (χ1) is 14.0. The summed E-state index contributed by atoms with van der Waals surface area (Å²) < 4.78 is 2.05. The smallest absolute Gasteiger partial charge is 0.336 e. The number of hydrogen-bond acceptors (Lipinski definition) is 3. The van der Waals surface area contributed by atoms with Gasteiger partial charge in [0.25, 0.3) is 0 Å².